The number of sulfonamides is 1. The van der Waals surface area contributed by atoms with Crippen LogP contribution in [0.25, 0.3) is 10.9 Å². The molecular formula is C28H35N3O7S2. The summed E-state index contributed by atoms with van der Waals surface area (Å²) in [6.45, 7) is 1.63. The second kappa shape index (κ2) is 11.7. The van der Waals surface area contributed by atoms with Gasteiger partial charge in [0.15, 0.2) is 9.84 Å². The van der Waals surface area contributed by atoms with Crippen molar-refractivity contribution < 1.29 is 31.4 Å². The van der Waals surface area contributed by atoms with Gasteiger partial charge >= 0.3 is 0 Å². The van der Waals surface area contributed by atoms with Gasteiger partial charge in [-0.2, -0.15) is 4.31 Å². The molecule has 5 rings (SSSR count). The molecule has 2 N–H and O–H groups in total. The molecule has 2 saturated heterocycles. The van der Waals surface area contributed by atoms with Crippen LogP contribution in [0.2, 0.25) is 0 Å². The van der Waals surface area contributed by atoms with Gasteiger partial charge in [-0.25, -0.2) is 16.8 Å². The molecule has 2 aliphatic heterocycles. The fraction of sp³-hybridized carbons (Fsp3) is 0.464. The number of fused-ring (bicyclic) bond motifs is 1. The quantitative estimate of drug-likeness (QED) is 0.365. The molecule has 216 valence electrons. The summed E-state index contributed by atoms with van der Waals surface area (Å²) in [4.78, 5) is 4.54. The van der Waals surface area contributed by atoms with Crippen molar-refractivity contribution >= 4 is 30.8 Å². The predicted octanol–water partition coefficient (Wildman–Crippen LogP) is 2.12. The van der Waals surface area contributed by atoms with Crippen molar-refractivity contribution in [1.82, 2.24) is 14.6 Å². The molecule has 0 aliphatic carbocycles. The summed E-state index contributed by atoms with van der Waals surface area (Å²) >= 11 is 0. The van der Waals surface area contributed by atoms with Gasteiger partial charge in [-0.05, 0) is 61.2 Å². The van der Waals surface area contributed by atoms with Gasteiger partial charge in [0.25, 0.3) is 0 Å². The minimum absolute atomic E-state index is 0.0453. The van der Waals surface area contributed by atoms with E-state index in [4.69, 9.17) is 9.47 Å². The van der Waals surface area contributed by atoms with Crippen molar-refractivity contribution in [2.75, 3.05) is 39.1 Å². The van der Waals surface area contributed by atoms with E-state index in [1.54, 1.807) is 54.7 Å². The Labute approximate surface area is 235 Å². The van der Waals surface area contributed by atoms with Gasteiger partial charge in [0.2, 0.25) is 10.0 Å². The molecular weight excluding hydrogens is 554 g/mol. The SMILES string of the molecule is CS(=O)(=O)Cc1cccc(OC[C@@H](O)CN[C@H]2COC3(CCN(S(=O)(=O)c4ccc5ncccc5c4)CC3)C2)c1. The second-order valence-electron chi connectivity index (χ2n) is 10.7. The maximum Gasteiger partial charge on any atom is 0.243 e. The van der Waals surface area contributed by atoms with E-state index in [0.29, 0.717) is 50.4 Å². The zero-order valence-corrected chi connectivity index (χ0v) is 24.0. The molecule has 2 fully saturated rings. The monoisotopic (exact) mass is 589 g/mol. The molecule has 1 spiro atoms. The number of ether oxygens (including phenoxy) is 2. The third-order valence-electron chi connectivity index (χ3n) is 7.47. The van der Waals surface area contributed by atoms with E-state index in [9.17, 15) is 21.9 Å². The average Bonchev–Trinajstić information content (AvgIpc) is 3.32. The Kier molecular flexibility index (Phi) is 8.46. The second-order valence-corrected chi connectivity index (χ2v) is 14.8. The molecule has 0 unspecified atom stereocenters. The summed E-state index contributed by atoms with van der Waals surface area (Å²) in [5.41, 5.74) is 1.01. The first kappa shape index (κ1) is 28.9. The van der Waals surface area contributed by atoms with Crippen molar-refractivity contribution in [3.63, 3.8) is 0 Å². The van der Waals surface area contributed by atoms with Crippen LogP contribution in [0.5, 0.6) is 5.75 Å². The zero-order chi connectivity index (χ0) is 28.4. The predicted molar refractivity (Wildman–Crippen MR) is 151 cm³/mol. The van der Waals surface area contributed by atoms with Crippen molar-refractivity contribution in [3.05, 3.63) is 66.4 Å². The number of aromatic nitrogens is 1. The van der Waals surface area contributed by atoms with Crippen LogP contribution in [0, 0.1) is 0 Å². The fourth-order valence-electron chi connectivity index (χ4n) is 5.40. The van der Waals surface area contributed by atoms with E-state index in [1.807, 2.05) is 6.07 Å². The summed E-state index contributed by atoms with van der Waals surface area (Å²) in [6.07, 6.45) is 4.05. The van der Waals surface area contributed by atoms with Crippen LogP contribution in [0.4, 0.5) is 0 Å². The molecule has 40 heavy (non-hydrogen) atoms. The molecule has 0 amide bonds. The maximum absolute atomic E-state index is 13.3. The number of benzene rings is 2. The number of piperidine rings is 1. The van der Waals surface area contributed by atoms with Crippen LogP contribution in [-0.2, 0) is 30.4 Å². The first-order chi connectivity index (χ1) is 19.0. The topological polar surface area (TPSA) is 135 Å². The number of rotatable bonds is 10. The highest BCUT2D eigenvalue weighted by Gasteiger charge is 2.44. The van der Waals surface area contributed by atoms with E-state index >= 15 is 0 Å². The lowest BCUT2D eigenvalue weighted by Crippen LogP contribution is -2.47. The van der Waals surface area contributed by atoms with Gasteiger partial charge in [0.1, 0.15) is 18.5 Å². The Morgan fingerprint density at radius 1 is 1.12 bits per heavy atom. The first-order valence-electron chi connectivity index (χ1n) is 13.3. The van der Waals surface area contributed by atoms with Gasteiger partial charge in [-0.15, -0.1) is 0 Å². The van der Waals surface area contributed by atoms with E-state index in [0.717, 1.165) is 17.3 Å². The number of pyridine rings is 1. The van der Waals surface area contributed by atoms with Crippen LogP contribution in [-0.4, -0.2) is 88.1 Å². The molecule has 12 heteroatoms. The standard InChI is InChI=1S/C28H35N3O7S2/c1-39(33,34)20-21-4-2-6-25(14-21)37-19-24(32)17-30-23-16-28(38-18-23)9-12-31(13-10-28)40(35,36)26-7-8-27-22(15-26)5-3-11-29-27/h2-8,11,14-15,23-24,30,32H,9-10,12-13,16-20H2,1H3/t23-,24+/m1/s1. The number of nitrogens with one attached hydrogen (secondary N) is 1. The lowest BCUT2D eigenvalue weighted by molar-refractivity contribution is -0.0312. The van der Waals surface area contributed by atoms with Crippen LogP contribution in [0.3, 0.4) is 0 Å². The third-order valence-corrected chi connectivity index (χ3v) is 10.2. The minimum Gasteiger partial charge on any atom is -0.491 e. The molecule has 0 radical (unpaired) electrons. The van der Waals surface area contributed by atoms with Crippen LogP contribution in [0.15, 0.2) is 65.7 Å². The fourth-order valence-corrected chi connectivity index (χ4v) is 7.67. The molecule has 2 atom stereocenters. The summed E-state index contributed by atoms with van der Waals surface area (Å²) in [5, 5.41) is 14.6. The number of nitrogens with zero attached hydrogens (tertiary/aromatic N) is 2. The van der Waals surface area contributed by atoms with Gasteiger partial charge < -0.3 is 19.9 Å². The number of aliphatic hydroxyl groups is 1. The van der Waals surface area contributed by atoms with Crippen molar-refractivity contribution in [1.29, 1.82) is 0 Å². The third kappa shape index (κ3) is 6.99. The molecule has 1 aromatic heterocycles. The highest BCUT2D eigenvalue weighted by Crippen LogP contribution is 2.37. The van der Waals surface area contributed by atoms with Gasteiger partial charge in [-0.3, -0.25) is 4.98 Å². The van der Waals surface area contributed by atoms with Crippen LogP contribution < -0.4 is 10.1 Å². The van der Waals surface area contributed by atoms with Crippen molar-refractivity contribution in [2.24, 2.45) is 0 Å². The van der Waals surface area contributed by atoms with Crippen LogP contribution in [0.1, 0.15) is 24.8 Å². The van der Waals surface area contributed by atoms with Gasteiger partial charge in [0, 0.05) is 43.5 Å². The smallest absolute Gasteiger partial charge is 0.243 e. The highest BCUT2D eigenvalue weighted by molar-refractivity contribution is 7.90. The first-order valence-corrected chi connectivity index (χ1v) is 16.8. The Morgan fingerprint density at radius 3 is 2.70 bits per heavy atom. The van der Waals surface area contributed by atoms with E-state index in [-0.39, 0.29) is 28.9 Å². The highest BCUT2D eigenvalue weighted by atomic mass is 32.2. The number of hydrogen-bond acceptors (Lipinski definition) is 9. The zero-order valence-electron chi connectivity index (χ0n) is 22.4. The molecule has 2 aromatic carbocycles. The Hall–Kier alpha value is -2.61. The van der Waals surface area contributed by atoms with E-state index < -0.39 is 26.0 Å². The molecule has 3 heterocycles. The Bertz CT molecular complexity index is 1550. The molecule has 2 aliphatic rings. The summed E-state index contributed by atoms with van der Waals surface area (Å²) in [5.74, 6) is 0.438. The van der Waals surface area contributed by atoms with Crippen molar-refractivity contribution in [3.8, 4) is 5.75 Å². The van der Waals surface area contributed by atoms with Gasteiger partial charge in [0.05, 0.1) is 28.4 Å². The summed E-state index contributed by atoms with van der Waals surface area (Å²) in [6, 6.07) is 15.6. The number of hydrogen-bond donors (Lipinski definition) is 2. The lowest BCUT2D eigenvalue weighted by Gasteiger charge is -2.38. The number of aliphatic hydroxyl groups excluding tert-OH is 1. The average molecular weight is 590 g/mol. The van der Waals surface area contributed by atoms with Crippen molar-refractivity contribution in [2.45, 2.75) is 47.7 Å². The van der Waals surface area contributed by atoms with E-state index in [2.05, 4.69) is 10.3 Å². The Morgan fingerprint density at radius 2 is 1.93 bits per heavy atom. The van der Waals surface area contributed by atoms with E-state index in [1.165, 1.54) is 10.6 Å². The largest absolute Gasteiger partial charge is 0.491 e. The summed E-state index contributed by atoms with van der Waals surface area (Å²) < 4.78 is 63.1. The molecule has 0 bridgehead atoms. The normalized spacial score (nSPS) is 20.6. The van der Waals surface area contributed by atoms with Gasteiger partial charge in [-0.1, -0.05) is 18.2 Å². The summed E-state index contributed by atoms with van der Waals surface area (Å²) in [7, 11) is -6.77. The Balaban J connectivity index is 1.08. The molecule has 10 nitrogen and oxygen atoms in total. The maximum atomic E-state index is 13.3. The number of sulfone groups is 1. The van der Waals surface area contributed by atoms with Crippen LogP contribution >= 0.6 is 0 Å². The minimum atomic E-state index is -3.62. The lowest BCUT2D eigenvalue weighted by atomic mass is 9.88. The molecule has 3 aromatic rings. The molecule has 0 saturated carbocycles.